The Bertz CT molecular complexity index is 279. The van der Waals surface area contributed by atoms with Gasteiger partial charge in [-0.1, -0.05) is 12.8 Å². The van der Waals surface area contributed by atoms with Gasteiger partial charge in [-0.25, -0.2) is 4.79 Å². The summed E-state index contributed by atoms with van der Waals surface area (Å²) in [6, 6.07) is 0.0968. The van der Waals surface area contributed by atoms with E-state index >= 15 is 0 Å². The van der Waals surface area contributed by atoms with E-state index in [1.807, 2.05) is 0 Å². The number of carbonyl (C=O) groups excluding carboxylic acids is 1. The third-order valence-corrected chi connectivity index (χ3v) is 3.98. The molecule has 0 unspecified atom stereocenters. The quantitative estimate of drug-likeness (QED) is 0.791. The summed E-state index contributed by atoms with van der Waals surface area (Å²) in [6.45, 7) is 1.99. The van der Waals surface area contributed by atoms with E-state index in [0.29, 0.717) is 13.2 Å². The molecule has 0 bridgehead atoms. The lowest BCUT2D eigenvalue weighted by Crippen LogP contribution is -2.46. The molecule has 2 fully saturated rings. The Hall–Kier alpha value is -0.810. The number of urea groups is 1. The van der Waals surface area contributed by atoms with Crippen LogP contribution in [0.3, 0.4) is 0 Å². The number of nitrogens with zero attached hydrogens (tertiary/aromatic N) is 1. The molecule has 1 aliphatic heterocycles. The maximum absolute atomic E-state index is 12.0. The van der Waals surface area contributed by atoms with Gasteiger partial charge >= 0.3 is 6.03 Å². The molecule has 0 radical (unpaired) electrons. The first-order valence-electron chi connectivity index (χ1n) is 6.94. The van der Waals surface area contributed by atoms with E-state index in [9.17, 15) is 9.90 Å². The van der Waals surface area contributed by atoms with Gasteiger partial charge in [0.25, 0.3) is 0 Å². The molecule has 5 nitrogen and oxygen atoms in total. The first kappa shape index (κ1) is 13.6. The van der Waals surface area contributed by atoms with E-state index in [1.165, 1.54) is 0 Å². The molecule has 2 rings (SSSR count). The number of aliphatic hydroxyl groups is 1. The van der Waals surface area contributed by atoms with Crippen molar-refractivity contribution in [3.05, 3.63) is 0 Å². The summed E-state index contributed by atoms with van der Waals surface area (Å²) < 4.78 is 5.23. The van der Waals surface area contributed by atoms with E-state index in [2.05, 4.69) is 5.32 Å². The standard InChI is InChI=1S/C13H24N2O3/c1-15(8-10-4-2-3-5-12(10)16)13(17)14-11-6-7-18-9-11/h10-12,16H,2-9H2,1H3,(H,14,17)/t10-,11+,12-/m0/s1. The highest BCUT2D eigenvalue weighted by atomic mass is 16.5. The lowest BCUT2D eigenvalue weighted by molar-refractivity contribution is 0.0562. The van der Waals surface area contributed by atoms with Crippen LogP contribution in [-0.2, 0) is 4.74 Å². The van der Waals surface area contributed by atoms with Crippen molar-refractivity contribution in [2.45, 2.75) is 44.2 Å². The summed E-state index contributed by atoms with van der Waals surface area (Å²) in [6.07, 6.45) is 4.80. The molecule has 2 amide bonds. The van der Waals surface area contributed by atoms with Gasteiger partial charge in [0.15, 0.2) is 0 Å². The second-order valence-electron chi connectivity index (χ2n) is 5.50. The number of amides is 2. The fraction of sp³-hybridized carbons (Fsp3) is 0.923. The average Bonchev–Trinajstić information content (AvgIpc) is 2.84. The van der Waals surface area contributed by atoms with Gasteiger partial charge in [0.1, 0.15) is 0 Å². The predicted molar refractivity (Wildman–Crippen MR) is 68.4 cm³/mol. The molecule has 2 aliphatic rings. The van der Waals surface area contributed by atoms with Crippen molar-refractivity contribution in [2.75, 3.05) is 26.8 Å². The SMILES string of the molecule is CN(C[C@@H]1CCCC[C@@H]1O)C(=O)N[C@@H]1CCOC1. The zero-order valence-electron chi connectivity index (χ0n) is 11.1. The highest BCUT2D eigenvalue weighted by Gasteiger charge is 2.26. The van der Waals surface area contributed by atoms with Gasteiger partial charge in [0.05, 0.1) is 18.8 Å². The number of hydrogen-bond acceptors (Lipinski definition) is 3. The molecule has 1 saturated carbocycles. The molecule has 0 spiro atoms. The number of carbonyl (C=O) groups is 1. The Labute approximate surface area is 108 Å². The van der Waals surface area contributed by atoms with Crippen LogP contribution in [0.1, 0.15) is 32.1 Å². The highest BCUT2D eigenvalue weighted by Crippen LogP contribution is 2.24. The van der Waals surface area contributed by atoms with E-state index in [4.69, 9.17) is 4.74 Å². The fourth-order valence-corrected chi connectivity index (χ4v) is 2.77. The second-order valence-corrected chi connectivity index (χ2v) is 5.50. The molecule has 2 N–H and O–H groups in total. The third-order valence-electron chi connectivity index (χ3n) is 3.98. The number of nitrogens with one attached hydrogen (secondary N) is 1. The zero-order valence-corrected chi connectivity index (χ0v) is 11.1. The summed E-state index contributed by atoms with van der Waals surface area (Å²) >= 11 is 0. The van der Waals surface area contributed by atoms with E-state index in [-0.39, 0.29) is 24.1 Å². The third kappa shape index (κ3) is 3.59. The van der Waals surface area contributed by atoms with Crippen LogP contribution in [0.25, 0.3) is 0 Å². The predicted octanol–water partition coefficient (Wildman–Crippen LogP) is 0.968. The van der Waals surface area contributed by atoms with Crippen LogP contribution in [-0.4, -0.2) is 55.0 Å². The van der Waals surface area contributed by atoms with Gasteiger partial charge in [-0.15, -0.1) is 0 Å². The fourth-order valence-electron chi connectivity index (χ4n) is 2.77. The normalized spacial score (nSPS) is 32.2. The van der Waals surface area contributed by atoms with Gasteiger partial charge in [-0.3, -0.25) is 0 Å². The van der Waals surface area contributed by atoms with E-state index < -0.39 is 0 Å². The van der Waals surface area contributed by atoms with Gasteiger partial charge < -0.3 is 20.1 Å². The van der Waals surface area contributed by atoms with Crippen molar-refractivity contribution in [2.24, 2.45) is 5.92 Å². The Balaban J connectivity index is 1.75. The van der Waals surface area contributed by atoms with Crippen molar-refractivity contribution in [1.82, 2.24) is 10.2 Å². The average molecular weight is 256 g/mol. The molecule has 0 aromatic carbocycles. The lowest BCUT2D eigenvalue weighted by Gasteiger charge is -2.31. The number of rotatable bonds is 3. The minimum absolute atomic E-state index is 0.0525. The molecule has 5 heteroatoms. The van der Waals surface area contributed by atoms with Crippen LogP contribution < -0.4 is 5.32 Å². The molecule has 3 atom stereocenters. The van der Waals surface area contributed by atoms with Gasteiger partial charge in [0.2, 0.25) is 0 Å². The van der Waals surface area contributed by atoms with E-state index in [1.54, 1.807) is 11.9 Å². The van der Waals surface area contributed by atoms with Crippen LogP contribution in [0.4, 0.5) is 4.79 Å². The monoisotopic (exact) mass is 256 g/mol. The number of ether oxygens (including phenoxy) is 1. The van der Waals surface area contributed by atoms with E-state index in [0.717, 1.165) is 38.7 Å². The highest BCUT2D eigenvalue weighted by molar-refractivity contribution is 5.74. The molecular formula is C13H24N2O3. The molecule has 1 aliphatic carbocycles. The summed E-state index contributed by atoms with van der Waals surface area (Å²) in [5, 5.41) is 12.9. The maximum atomic E-state index is 12.0. The van der Waals surface area contributed by atoms with Gasteiger partial charge in [-0.05, 0) is 19.3 Å². The van der Waals surface area contributed by atoms with Gasteiger partial charge in [0, 0.05) is 26.1 Å². The van der Waals surface area contributed by atoms with Crippen molar-refractivity contribution >= 4 is 6.03 Å². The molecule has 0 aromatic rings. The first-order valence-corrected chi connectivity index (χ1v) is 6.94. The lowest BCUT2D eigenvalue weighted by atomic mass is 9.86. The van der Waals surface area contributed by atoms with Crippen LogP contribution in [0.5, 0.6) is 0 Å². The van der Waals surface area contributed by atoms with Crippen molar-refractivity contribution in [1.29, 1.82) is 0 Å². The summed E-state index contributed by atoms with van der Waals surface area (Å²) in [7, 11) is 1.80. The topological polar surface area (TPSA) is 61.8 Å². The number of aliphatic hydroxyl groups excluding tert-OH is 1. The van der Waals surface area contributed by atoms with Crippen LogP contribution in [0.15, 0.2) is 0 Å². The number of hydrogen-bond donors (Lipinski definition) is 2. The van der Waals surface area contributed by atoms with Gasteiger partial charge in [-0.2, -0.15) is 0 Å². The smallest absolute Gasteiger partial charge is 0.317 e. The molecular weight excluding hydrogens is 232 g/mol. The van der Waals surface area contributed by atoms with Crippen LogP contribution >= 0.6 is 0 Å². The Kier molecular flexibility index (Phi) is 4.83. The summed E-state index contributed by atoms with van der Waals surface area (Å²) in [5.74, 6) is 0.231. The Morgan fingerprint density at radius 1 is 1.39 bits per heavy atom. The second kappa shape index (κ2) is 6.38. The van der Waals surface area contributed by atoms with Crippen molar-refractivity contribution < 1.29 is 14.6 Å². The van der Waals surface area contributed by atoms with Crippen LogP contribution in [0, 0.1) is 5.92 Å². The Morgan fingerprint density at radius 2 is 2.17 bits per heavy atom. The minimum atomic E-state index is -0.246. The maximum Gasteiger partial charge on any atom is 0.317 e. The summed E-state index contributed by atoms with van der Waals surface area (Å²) in [5.41, 5.74) is 0. The molecule has 1 saturated heterocycles. The first-order chi connectivity index (χ1) is 8.66. The largest absolute Gasteiger partial charge is 0.393 e. The minimum Gasteiger partial charge on any atom is -0.393 e. The summed E-state index contributed by atoms with van der Waals surface area (Å²) in [4.78, 5) is 13.6. The van der Waals surface area contributed by atoms with Crippen molar-refractivity contribution in [3.63, 3.8) is 0 Å². The van der Waals surface area contributed by atoms with Crippen LogP contribution in [0.2, 0.25) is 0 Å². The van der Waals surface area contributed by atoms with Crippen molar-refractivity contribution in [3.8, 4) is 0 Å². The molecule has 0 aromatic heterocycles. The molecule has 104 valence electrons. The molecule has 1 heterocycles. The molecule has 18 heavy (non-hydrogen) atoms. The Morgan fingerprint density at radius 3 is 2.83 bits per heavy atom. The zero-order chi connectivity index (χ0) is 13.0.